The Morgan fingerprint density at radius 2 is 2.06 bits per heavy atom. The van der Waals surface area contributed by atoms with Gasteiger partial charge < -0.3 is 14.7 Å². The quantitative estimate of drug-likeness (QED) is 0.743. The van der Waals surface area contributed by atoms with Crippen molar-refractivity contribution in [3.8, 4) is 0 Å². The number of aliphatic hydroxyl groups is 1. The molecule has 0 bridgehead atoms. The van der Waals surface area contributed by atoms with Crippen molar-refractivity contribution in [2.45, 2.75) is 26.7 Å². The van der Waals surface area contributed by atoms with Crippen LogP contribution >= 0.6 is 0 Å². The lowest BCUT2D eigenvalue weighted by Gasteiger charge is -2.19. The molecule has 1 heterocycles. The van der Waals surface area contributed by atoms with Crippen molar-refractivity contribution >= 4 is 5.82 Å². The second-order valence-electron chi connectivity index (χ2n) is 4.64. The van der Waals surface area contributed by atoms with Gasteiger partial charge in [-0.2, -0.15) is 0 Å². The summed E-state index contributed by atoms with van der Waals surface area (Å²) in [5.74, 6) is 2.11. The highest BCUT2D eigenvalue weighted by Crippen LogP contribution is 2.15. The van der Waals surface area contributed by atoms with Crippen LogP contribution in [0.2, 0.25) is 0 Å². The zero-order chi connectivity index (χ0) is 13.5. The molecule has 0 aromatic carbocycles. The molecule has 102 valence electrons. The van der Waals surface area contributed by atoms with Gasteiger partial charge in [-0.25, -0.2) is 9.97 Å². The van der Waals surface area contributed by atoms with Gasteiger partial charge in [0.2, 0.25) is 0 Å². The summed E-state index contributed by atoms with van der Waals surface area (Å²) in [6, 6.07) is 1.97. The van der Waals surface area contributed by atoms with Gasteiger partial charge in [0.1, 0.15) is 11.6 Å². The number of hydrogen-bond donors (Lipinski definition) is 1. The van der Waals surface area contributed by atoms with E-state index in [1.54, 1.807) is 0 Å². The fraction of sp³-hybridized carbons (Fsp3) is 0.692. The molecule has 0 aliphatic heterocycles. The van der Waals surface area contributed by atoms with Crippen molar-refractivity contribution in [2.75, 3.05) is 38.3 Å². The number of rotatable bonds is 7. The topological polar surface area (TPSA) is 58.5 Å². The number of hydrogen-bond acceptors (Lipinski definition) is 5. The molecular weight excluding hydrogens is 230 g/mol. The Morgan fingerprint density at radius 1 is 1.33 bits per heavy atom. The minimum atomic E-state index is 0.0633. The Labute approximate surface area is 109 Å². The monoisotopic (exact) mass is 253 g/mol. The van der Waals surface area contributed by atoms with Gasteiger partial charge in [-0.3, -0.25) is 0 Å². The Hall–Kier alpha value is -1.20. The molecule has 18 heavy (non-hydrogen) atoms. The molecule has 1 aromatic rings. The summed E-state index contributed by atoms with van der Waals surface area (Å²) in [5.41, 5.74) is 0.979. The van der Waals surface area contributed by atoms with Gasteiger partial charge in [0.05, 0.1) is 19.8 Å². The van der Waals surface area contributed by atoms with Crippen LogP contribution < -0.4 is 4.90 Å². The molecule has 0 aliphatic rings. The number of aliphatic hydroxyl groups excluding tert-OH is 1. The molecule has 0 atom stereocenters. The van der Waals surface area contributed by atoms with E-state index in [1.165, 1.54) is 0 Å². The van der Waals surface area contributed by atoms with E-state index in [9.17, 15) is 0 Å². The predicted octanol–water partition coefficient (Wildman–Crippen LogP) is 1.35. The molecule has 0 unspecified atom stereocenters. The third-order valence-corrected chi connectivity index (χ3v) is 2.57. The molecule has 0 radical (unpaired) electrons. The lowest BCUT2D eigenvalue weighted by molar-refractivity contribution is 0.0970. The molecule has 1 aromatic heterocycles. The van der Waals surface area contributed by atoms with Crippen LogP contribution in [-0.4, -0.2) is 48.5 Å². The highest BCUT2D eigenvalue weighted by molar-refractivity contribution is 5.38. The van der Waals surface area contributed by atoms with E-state index >= 15 is 0 Å². The molecular formula is C13H23N3O2. The van der Waals surface area contributed by atoms with E-state index in [-0.39, 0.29) is 6.61 Å². The zero-order valence-corrected chi connectivity index (χ0v) is 11.7. The summed E-state index contributed by atoms with van der Waals surface area (Å²) < 4.78 is 5.25. The zero-order valence-electron chi connectivity index (χ0n) is 11.7. The highest BCUT2D eigenvalue weighted by atomic mass is 16.5. The lowest BCUT2D eigenvalue weighted by Crippen LogP contribution is -2.24. The molecule has 5 nitrogen and oxygen atoms in total. The van der Waals surface area contributed by atoms with E-state index in [0.29, 0.717) is 19.1 Å². The Balaban J connectivity index is 2.64. The number of anilines is 1. The first kappa shape index (κ1) is 14.9. The van der Waals surface area contributed by atoms with Crippen molar-refractivity contribution in [3.05, 3.63) is 17.6 Å². The fourth-order valence-corrected chi connectivity index (χ4v) is 1.51. The molecule has 0 saturated heterocycles. The van der Waals surface area contributed by atoms with E-state index < -0.39 is 0 Å². The second kappa shape index (κ2) is 7.28. The van der Waals surface area contributed by atoms with E-state index in [4.69, 9.17) is 9.84 Å². The van der Waals surface area contributed by atoms with Crippen LogP contribution in [0.3, 0.4) is 0 Å². The van der Waals surface area contributed by atoms with Crippen LogP contribution in [0.4, 0.5) is 5.82 Å². The van der Waals surface area contributed by atoms with Crippen LogP contribution in [-0.2, 0) is 4.74 Å². The lowest BCUT2D eigenvalue weighted by atomic mass is 10.2. The normalized spacial score (nSPS) is 11.0. The highest BCUT2D eigenvalue weighted by Gasteiger charge is 2.09. The fourth-order valence-electron chi connectivity index (χ4n) is 1.51. The number of nitrogens with zero attached hydrogens (tertiary/aromatic N) is 3. The second-order valence-corrected chi connectivity index (χ2v) is 4.64. The molecule has 0 aliphatic carbocycles. The van der Waals surface area contributed by atoms with Crippen LogP contribution in [0.15, 0.2) is 6.07 Å². The molecule has 0 amide bonds. The van der Waals surface area contributed by atoms with Crippen LogP contribution in [0.1, 0.15) is 31.3 Å². The first-order chi connectivity index (χ1) is 8.54. The summed E-state index contributed by atoms with van der Waals surface area (Å²) in [7, 11) is 1.98. The summed E-state index contributed by atoms with van der Waals surface area (Å²) in [6.45, 7) is 7.92. The number of aryl methyl sites for hydroxylation is 1. The van der Waals surface area contributed by atoms with Crippen LogP contribution in [0.25, 0.3) is 0 Å². The van der Waals surface area contributed by atoms with Crippen LogP contribution in [0.5, 0.6) is 0 Å². The molecule has 0 saturated carbocycles. The first-order valence-corrected chi connectivity index (χ1v) is 6.30. The van der Waals surface area contributed by atoms with Gasteiger partial charge in [-0.15, -0.1) is 0 Å². The maximum Gasteiger partial charge on any atom is 0.133 e. The third-order valence-electron chi connectivity index (χ3n) is 2.57. The minimum absolute atomic E-state index is 0.0633. The predicted molar refractivity (Wildman–Crippen MR) is 72.0 cm³/mol. The van der Waals surface area contributed by atoms with Crippen LogP contribution in [0, 0.1) is 6.92 Å². The number of ether oxygens (including phenoxy) is 1. The molecule has 5 heteroatoms. The summed E-state index contributed by atoms with van der Waals surface area (Å²) in [5, 5.41) is 8.62. The Bertz CT molecular complexity index is 369. The SMILES string of the molecule is Cc1cc(N(C)CCOCCO)nc(C(C)C)n1. The smallest absolute Gasteiger partial charge is 0.133 e. The molecule has 0 fully saturated rings. The molecule has 1 rings (SSSR count). The van der Waals surface area contributed by atoms with E-state index in [1.807, 2.05) is 24.9 Å². The van der Waals surface area contributed by atoms with Gasteiger partial charge in [0, 0.05) is 31.3 Å². The average Bonchev–Trinajstić information content (AvgIpc) is 2.33. The molecule has 1 N–H and O–H groups in total. The summed E-state index contributed by atoms with van der Waals surface area (Å²) in [6.07, 6.45) is 0. The van der Waals surface area contributed by atoms with Gasteiger partial charge in [0.25, 0.3) is 0 Å². The van der Waals surface area contributed by atoms with Gasteiger partial charge in [-0.1, -0.05) is 13.8 Å². The van der Waals surface area contributed by atoms with Crippen molar-refractivity contribution < 1.29 is 9.84 Å². The summed E-state index contributed by atoms with van der Waals surface area (Å²) in [4.78, 5) is 11.0. The van der Waals surface area contributed by atoms with Crippen molar-refractivity contribution in [3.63, 3.8) is 0 Å². The standard InChI is InChI=1S/C13H23N3O2/c1-10(2)13-14-11(3)9-12(15-13)16(4)5-7-18-8-6-17/h9-10,17H,5-8H2,1-4H3. The number of likely N-dealkylation sites (N-methyl/N-ethyl adjacent to an activating group) is 1. The van der Waals surface area contributed by atoms with Gasteiger partial charge in [-0.05, 0) is 6.92 Å². The van der Waals surface area contributed by atoms with Crippen molar-refractivity contribution in [1.29, 1.82) is 0 Å². The van der Waals surface area contributed by atoms with Crippen molar-refractivity contribution in [2.24, 2.45) is 0 Å². The average molecular weight is 253 g/mol. The summed E-state index contributed by atoms with van der Waals surface area (Å²) >= 11 is 0. The van der Waals surface area contributed by atoms with Crippen molar-refractivity contribution in [1.82, 2.24) is 9.97 Å². The molecule has 0 spiro atoms. The maximum atomic E-state index is 8.62. The first-order valence-electron chi connectivity index (χ1n) is 6.30. The Kier molecular flexibility index (Phi) is 6.01. The van der Waals surface area contributed by atoms with E-state index in [2.05, 4.69) is 23.8 Å². The van der Waals surface area contributed by atoms with Gasteiger partial charge in [0.15, 0.2) is 0 Å². The van der Waals surface area contributed by atoms with Gasteiger partial charge >= 0.3 is 0 Å². The van der Waals surface area contributed by atoms with E-state index in [0.717, 1.165) is 23.9 Å². The largest absolute Gasteiger partial charge is 0.394 e. The third kappa shape index (κ3) is 4.58. The Morgan fingerprint density at radius 3 is 2.67 bits per heavy atom. The number of aromatic nitrogens is 2. The maximum absolute atomic E-state index is 8.62. The minimum Gasteiger partial charge on any atom is -0.394 e.